The van der Waals surface area contributed by atoms with Gasteiger partial charge < -0.3 is 10.2 Å². The first kappa shape index (κ1) is 12.6. The Bertz CT molecular complexity index is 307. The molecule has 3 heteroatoms. The quantitative estimate of drug-likeness (QED) is 0.830. The van der Waals surface area contributed by atoms with Crippen molar-refractivity contribution in [3.63, 3.8) is 0 Å². The second-order valence-corrected chi connectivity index (χ2v) is 7.37. The van der Waals surface area contributed by atoms with Gasteiger partial charge in [0.2, 0.25) is 0 Å². The minimum atomic E-state index is 0.820. The van der Waals surface area contributed by atoms with Gasteiger partial charge >= 0.3 is 0 Å². The fourth-order valence-electron chi connectivity index (χ4n) is 4.50. The number of hydrogen-bond acceptors (Lipinski definition) is 3. The van der Waals surface area contributed by atoms with Gasteiger partial charge in [-0.25, -0.2) is 0 Å². The van der Waals surface area contributed by atoms with Gasteiger partial charge in [-0.3, -0.25) is 4.90 Å². The molecule has 3 nitrogen and oxygen atoms in total. The van der Waals surface area contributed by atoms with E-state index in [0.29, 0.717) is 0 Å². The highest BCUT2D eigenvalue weighted by Gasteiger charge is 2.38. The Morgan fingerprint density at radius 2 is 1.63 bits per heavy atom. The largest absolute Gasteiger partial charge is 0.314 e. The summed E-state index contributed by atoms with van der Waals surface area (Å²) >= 11 is 0. The molecular formula is C16H29N3. The fraction of sp³-hybridized carbons (Fsp3) is 1.00. The zero-order valence-electron chi connectivity index (χ0n) is 12.2. The molecule has 1 saturated carbocycles. The van der Waals surface area contributed by atoms with Gasteiger partial charge in [-0.15, -0.1) is 0 Å². The summed E-state index contributed by atoms with van der Waals surface area (Å²) in [5, 5.41) is 3.81. The molecular weight excluding hydrogens is 234 g/mol. The summed E-state index contributed by atoms with van der Waals surface area (Å²) in [4.78, 5) is 5.51. The molecule has 0 aromatic heterocycles. The van der Waals surface area contributed by atoms with E-state index >= 15 is 0 Å². The summed E-state index contributed by atoms with van der Waals surface area (Å²) in [6.07, 6.45) is 8.63. The van der Waals surface area contributed by atoms with Gasteiger partial charge in [0, 0.05) is 18.6 Å². The third kappa shape index (κ3) is 2.84. The highest BCUT2D eigenvalue weighted by atomic mass is 15.2. The lowest BCUT2D eigenvalue weighted by molar-refractivity contribution is 0.0736. The molecule has 0 amide bonds. The minimum absolute atomic E-state index is 0.820. The van der Waals surface area contributed by atoms with Crippen molar-refractivity contribution in [3.05, 3.63) is 0 Å². The molecule has 0 aromatic rings. The van der Waals surface area contributed by atoms with E-state index in [1.54, 1.807) is 0 Å². The van der Waals surface area contributed by atoms with Crippen molar-refractivity contribution in [1.29, 1.82) is 0 Å². The first-order valence-corrected chi connectivity index (χ1v) is 8.58. The highest BCUT2D eigenvalue weighted by Crippen LogP contribution is 2.32. The number of rotatable bonds is 4. The Morgan fingerprint density at radius 3 is 2.42 bits per heavy atom. The van der Waals surface area contributed by atoms with Crippen molar-refractivity contribution in [2.45, 2.75) is 50.6 Å². The van der Waals surface area contributed by atoms with E-state index in [4.69, 9.17) is 0 Å². The molecule has 0 aromatic carbocycles. The molecule has 3 atom stereocenters. The maximum absolute atomic E-state index is 3.81. The van der Waals surface area contributed by atoms with E-state index in [1.165, 1.54) is 77.8 Å². The zero-order chi connectivity index (χ0) is 12.7. The molecule has 2 bridgehead atoms. The van der Waals surface area contributed by atoms with Crippen LogP contribution < -0.4 is 5.32 Å². The van der Waals surface area contributed by atoms with Crippen molar-refractivity contribution in [2.24, 2.45) is 11.8 Å². The number of nitrogens with zero attached hydrogens (tertiary/aromatic N) is 2. The normalized spacial score (nSPS) is 40.7. The molecule has 3 heterocycles. The van der Waals surface area contributed by atoms with Gasteiger partial charge in [0.1, 0.15) is 0 Å². The van der Waals surface area contributed by atoms with Crippen LogP contribution in [0.25, 0.3) is 0 Å². The van der Waals surface area contributed by atoms with E-state index in [0.717, 1.165) is 23.9 Å². The van der Waals surface area contributed by atoms with E-state index in [1.807, 2.05) is 0 Å². The van der Waals surface area contributed by atoms with E-state index in [2.05, 4.69) is 15.1 Å². The van der Waals surface area contributed by atoms with Gasteiger partial charge in [0.25, 0.3) is 0 Å². The predicted octanol–water partition coefficient (Wildman–Crippen LogP) is 1.54. The molecule has 3 saturated heterocycles. The average Bonchev–Trinajstić information content (AvgIpc) is 3.22. The lowest BCUT2D eigenvalue weighted by Gasteiger charge is -2.42. The number of fused-ring (bicyclic) bond motifs is 2. The highest BCUT2D eigenvalue weighted by molar-refractivity contribution is 4.94. The van der Waals surface area contributed by atoms with Crippen LogP contribution in [-0.2, 0) is 0 Å². The van der Waals surface area contributed by atoms with Gasteiger partial charge in [0.05, 0.1) is 0 Å². The van der Waals surface area contributed by atoms with Crippen LogP contribution in [0.4, 0.5) is 0 Å². The van der Waals surface area contributed by atoms with Gasteiger partial charge in [-0.1, -0.05) is 0 Å². The van der Waals surface area contributed by atoms with E-state index in [9.17, 15) is 0 Å². The van der Waals surface area contributed by atoms with Crippen LogP contribution in [0, 0.1) is 11.8 Å². The SMILES string of the molecule is C1CC1CNC1CCN(C2CCN3CCC2C3)CC1. The van der Waals surface area contributed by atoms with Gasteiger partial charge in [0.15, 0.2) is 0 Å². The predicted molar refractivity (Wildman–Crippen MR) is 78.3 cm³/mol. The summed E-state index contributed by atoms with van der Waals surface area (Å²) < 4.78 is 0. The monoisotopic (exact) mass is 263 g/mol. The number of piperidine rings is 2. The van der Waals surface area contributed by atoms with Crippen LogP contribution in [-0.4, -0.2) is 61.2 Å². The Labute approximate surface area is 117 Å². The van der Waals surface area contributed by atoms with Crippen LogP contribution in [0.1, 0.15) is 38.5 Å². The third-order valence-corrected chi connectivity index (χ3v) is 5.98. The lowest BCUT2D eigenvalue weighted by Crippen LogP contribution is -2.52. The minimum Gasteiger partial charge on any atom is -0.314 e. The van der Waals surface area contributed by atoms with Crippen molar-refractivity contribution < 1.29 is 0 Å². The zero-order valence-corrected chi connectivity index (χ0v) is 12.2. The Hall–Kier alpha value is -0.120. The maximum Gasteiger partial charge on any atom is 0.0148 e. The molecule has 4 rings (SSSR count). The van der Waals surface area contributed by atoms with E-state index in [-0.39, 0.29) is 0 Å². The number of likely N-dealkylation sites (tertiary alicyclic amines) is 1. The molecule has 0 radical (unpaired) electrons. The Balaban J connectivity index is 1.25. The molecule has 4 aliphatic rings. The van der Waals surface area contributed by atoms with Gasteiger partial charge in [-0.2, -0.15) is 0 Å². The Kier molecular flexibility index (Phi) is 3.55. The van der Waals surface area contributed by atoms with Crippen LogP contribution >= 0.6 is 0 Å². The molecule has 3 unspecified atom stereocenters. The average molecular weight is 263 g/mol. The van der Waals surface area contributed by atoms with Crippen molar-refractivity contribution in [1.82, 2.24) is 15.1 Å². The Morgan fingerprint density at radius 1 is 0.842 bits per heavy atom. The molecule has 1 N–H and O–H groups in total. The summed E-state index contributed by atoms with van der Waals surface area (Å²) in [6.45, 7) is 8.13. The first-order valence-electron chi connectivity index (χ1n) is 8.58. The fourth-order valence-corrected chi connectivity index (χ4v) is 4.50. The van der Waals surface area contributed by atoms with Crippen LogP contribution in [0.15, 0.2) is 0 Å². The molecule has 1 aliphatic carbocycles. The smallest absolute Gasteiger partial charge is 0.0148 e. The van der Waals surface area contributed by atoms with Crippen LogP contribution in [0.5, 0.6) is 0 Å². The second kappa shape index (κ2) is 5.34. The number of nitrogens with one attached hydrogen (secondary N) is 1. The topological polar surface area (TPSA) is 18.5 Å². The standard InChI is InChI=1S/C16H29N3/c1-2-13(1)11-17-15-4-9-19(10-5-15)16-6-8-18-7-3-14(16)12-18/h13-17H,1-12H2. The van der Waals surface area contributed by atoms with Crippen LogP contribution in [0.2, 0.25) is 0 Å². The number of hydrogen-bond donors (Lipinski definition) is 1. The summed E-state index contributed by atoms with van der Waals surface area (Å²) in [5.74, 6) is 2.02. The van der Waals surface area contributed by atoms with Crippen molar-refractivity contribution in [2.75, 3.05) is 39.3 Å². The molecule has 3 aliphatic heterocycles. The third-order valence-electron chi connectivity index (χ3n) is 5.98. The van der Waals surface area contributed by atoms with Gasteiger partial charge in [-0.05, 0) is 83.1 Å². The summed E-state index contributed by atoms with van der Waals surface area (Å²) in [6, 6.07) is 1.74. The second-order valence-electron chi connectivity index (χ2n) is 7.37. The van der Waals surface area contributed by atoms with Crippen LogP contribution in [0.3, 0.4) is 0 Å². The summed E-state index contributed by atoms with van der Waals surface area (Å²) in [7, 11) is 0. The molecule has 19 heavy (non-hydrogen) atoms. The first-order chi connectivity index (χ1) is 9.38. The summed E-state index contributed by atoms with van der Waals surface area (Å²) in [5.41, 5.74) is 0. The maximum atomic E-state index is 3.81. The molecule has 4 fully saturated rings. The van der Waals surface area contributed by atoms with Crippen molar-refractivity contribution >= 4 is 0 Å². The lowest BCUT2D eigenvalue weighted by atomic mass is 9.90. The molecule has 108 valence electrons. The van der Waals surface area contributed by atoms with Crippen molar-refractivity contribution in [3.8, 4) is 0 Å². The van der Waals surface area contributed by atoms with E-state index < -0.39 is 0 Å². The molecule has 0 spiro atoms.